The summed E-state index contributed by atoms with van der Waals surface area (Å²) in [5.41, 5.74) is 1.75. The minimum absolute atomic E-state index is 0.0334. The minimum Gasteiger partial charge on any atom is -0.369 e. The number of sulfonamides is 1. The van der Waals surface area contributed by atoms with Gasteiger partial charge in [0.15, 0.2) is 0 Å². The second-order valence-electron chi connectivity index (χ2n) is 10.6. The molecule has 0 atom stereocenters. The highest BCUT2D eigenvalue weighted by Crippen LogP contribution is 2.29. The lowest BCUT2D eigenvalue weighted by molar-refractivity contribution is 0.284. The van der Waals surface area contributed by atoms with Crippen molar-refractivity contribution < 1.29 is 8.42 Å². The van der Waals surface area contributed by atoms with E-state index in [2.05, 4.69) is 40.2 Å². The Morgan fingerprint density at radius 2 is 1.51 bits per heavy atom. The Bertz CT molecular complexity index is 1260. The molecular weight excluding hydrogens is 508 g/mol. The third-order valence-corrected chi connectivity index (χ3v) is 9.07. The van der Waals surface area contributed by atoms with Gasteiger partial charge in [0.05, 0.1) is 11.3 Å². The fourth-order valence-electron chi connectivity index (χ4n) is 5.30. The van der Waals surface area contributed by atoms with Gasteiger partial charge in [0.1, 0.15) is 5.82 Å². The number of rotatable bonds is 15. The smallest absolute Gasteiger partial charge is 0.225 e. The van der Waals surface area contributed by atoms with Crippen LogP contribution >= 0.6 is 0 Å². The van der Waals surface area contributed by atoms with Crippen molar-refractivity contribution in [2.45, 2.75) is 51.7 Å². The van der Waals surface area contributed by atoms with Crippen molar-refractivity contribution in [3.8, 4) is 0 Å². The predicted molar refractivity (Wildman–Crippen MR) is 161 cm³/mol. The van der Waals surface area contributed by atoms with Gasteiger partial charge in [-0.25, -0.2) is 18.1 Å². The Balaban J connectivity index is 1.24. The van der Waals surface area contributed by atoms with Crippen molar-refractivity contribution in [3.05, 3.63) is 60.2 Å². The molecule has 2 aromatic carbocycles. The Hall–Kier alpha value is -2.75. The maximum atomic E-state index is 12.5. The predicted octanol–water partition coefficient (Wildman–Crippen LogP) is 5.11. The molecule has 39 heavy (non-hydrogen) atoms. The number of fused-ring (bicyclic) bond motifs is 1. The maximum Gasteiger partial charge on any atom is 0.225 e. The third-order valence-electron chi connectivity index (χ3n) is 7.75. The van der Waals surface area contributed by atoms with Gasteiger partial charge < -0.3 is 15.5 Å². The lowest BCUT2D eigenvalue weighted by atomic mass is 9.82. The van der Waals surface area contributed by atoms with Crippen LogP contribution in [0.25, 0.3) is 10.9 Å². The summed E-state index contributed by atoms with van der Waals surface area (Å²) in [4.78, 5) is 12.0. The number of hydrogen-bond donors (Lipinski definition) is 3. The summed E-state index contributed by atoms with van der Waals surface area (Å²) in [6.45, 7) is 9.85. The van der Waals surface area contributed by atoms with Crippen molar-refractivity contribution in [2.24, 2.45) is 11.8 Å². The molecule has 212 valence electrons. The number of hydrogen-bond acceptors (Lipinski definition) is 7. The number of anilines is 2. The Labute approximate surface area is 234 Å². The molecule has 8 nitrogen and oxygen atoms in total. The molecule has 0 bridgehead atoms. The minimum atomic E-state index is -3.32. The van der Waals surface area contributed by atoms with Crippen LogP contribution in [0.2, 0.25) is 0 Å². The van der Waals surface area contributed by atoms with Gasteiger partial charge in [-0.05, 0) is 81.3 Å². The molecule has 1 fully saturated rings. The zero-order valence-electron chi connectivity index (χ0n) is 23.4. The van der Waals surface area contributed by atoms with Crippen LogP contribution < -0.4 is 15.4 Å². The fraction of sp³-hybridized carbons (Fsp3) is 0.533. The largest absolute Gasteiger partial charge is 0.369 e. The molecule has 4 rings (SSSR count). The van der Waals surface area contributed by atoms with Crippen LogP contribution in [0.4, 0.5) is 11.8 Å². The highest BCUT2D eigenvalue weighted by molar-refractivity contribution is 7.88. The summed E-state index contributed by atoms with van der Waals surface area (Å²) in [6.07, 6.45) is 5.26. The van der Waals surface area contributed by atoms with Gasteiger partial charge in [0.2, 0.25) is 16.0 Å². The van der Waals surface area contributed by atoms with Gasteiger partial charge >= 0.3 is 0 Å². The summed E-state index contributed by atoms with van der Waals surface area (Å²) in [7, 11) is -3.32. The Morgan fingerprint density at radius 1 is 0.846 bits per heavy atom. The maximum absolute atomic E-state index is 12.5. The normalized spacial score (nSPS) is 17.9. The molecule has 0 spiro atoms. The van der Waals surface area contributed by atoms with E-state index in [0.717, 1.165) is 87.1 Å². The van der Waals surface area contributed by atoms with Crippen LogP contribution in [0.1, 0.15) is 51.5 Å². The summed E-state index contributed by atoms with van der Waals surface area (Å²) < 4.78 is 27.8. The Morgan fingerprint density at radius 3 is 2.23 bits per heavy atom. The van der Waals surface area contributed by atoms with Crippen molar-refractivity contribution >= 4 is 32.7 Å². The molecular formula is C30H44N6O2S. The Kier molecular flexibility index (Phi) is 10.9. The van der Waals surface area contributed by atoms with Crippen molar-refractivity contribution in [3.63, 3.8) is 0 Å². The van der Waals surface area contributed by atoms with E-state index in [4.69, 9.17) is 9.97 Å². The lowest BCUT2D eigenvalue weighted by Crippen LogP contribution is -2.33. The highest BCUT2D eigenvalue weighted by Gasteiger charge is 2.23. The summed E-state index contributed by atoms with van der Waals surface area (Å²) in [6, 6.07) is 17.5. The van der Waals surface area contributed by atoms with Gasteiger partial charge in [-0.15, -0.1) is 0 Å². The van der Waals surface area contributed by atoms with E-state index in [9.17, 15) is 8.42 Å². The first-order valence-corrected chi connectivity index (χ1v) is 16.1. The van der Waals surface area contributed by atoms with Gasteiger partial charge in [-0.2, -0.15) is 4.98 Å². The molecule has 9 heteroatoms. The molecule has 1 saturated carbocycles. The van der Waals surface area contributed by atoms with E-state index < -0.39 is 10.0 Å². The van der Waals surface area contributed by atoms with Crippen molar-refractivity contribution in [2.75, 3.05) is 49.9 Å². The number of nitrogens with one attached hydrogen (secondary N) is 3. The topological polar surface area (TPSA) is 99.2 Å². The molecule has 3 N–H and O–H groups in total. The number of benzene rings is 2. The van der Waals surface area contributed by atoms with Crippen LogP contribution in [0.3, 0.4) is 0 Å². The van der Waals surface area contributed by atoms with Gasteiger partial charge in [0, 0.05) is 25.0 Å². The first-order valence-electron chi connectivity index (χ1n) is 14.4. The van der Waals surface area contributed by atoms with Crippen molar-refractivity contribution in [1.82, 2.24) is 19.6 Å². The second kappa shape index (κ2) is 14.6. The first kappa shape index (κ1) is 29.2. The zero-order chi connectivity index (χ0) is 27.5. The summed E-state index contributed by atoms with van der Waals surface area (Å²) in [5.74, 6) is 2.49. The highest BCUT2D eigenvalue weighted by atomic mass is 32.2. The average Bonchev–Trinajstić information content (AvgIpc) is 2.96. The van der Waals surface area contributed by atoms with E-state index in [-0.39, 0.29) is 5.75 Å². The average molecular weight is 553 g/mol. The molecule has 1 heterocycles. The van der Waals surface area contributed by atoms with E-state index in [1.165, 1.54) is 0 Å². The van der Waals surface area contributed by atoms with E-state index >= 15 is 0 Å². The van der Waals surface area contributed by atoms with Crippen LogP contribution in [0, 0.1) is 11.8 Å². The fourth-order valence-corrected chi connectivity index (χ4v) is 6.53. The van der Waals surface area contributed by atoms with Crippen molar-refractivity contribution in [1.29, 1.82) is 0 Å². The monoisotopic (exact) mass is 552 g/mol. The SMILES string of the molecule is CCN(CC)CCCNc1nc(NC[C@H]2CC[C@H](CNS(=O)(=O)Cc3ccccc3)CC2)nc2ccccc12. The molecule has 3 aromatic rings. The lowest BCUT2D eigenvalue weighted by Gasteiger charge is -2.28. The third kappa shape index (κ3) is 9.15. The molecule has 0 unspecified atom stereocenters. The molecule has 1 aliphatic rings. The van der Waals surface area contributed by atoms with Crippen LogP contribution in [-0.4, -0.2) is 62.6 Å². The van der Waals surface area contributed by atoms with Crippen LogP contribution in [0.15, 0.2) is 54.6 Å². The summed E-state index contributed by atoms with van der Waals surface area (Å²) >= 11 is 0. The van der Waals surface area contributed by atoms with Crippen LogP contribution in [0.5, 0.6) is 0 Å². The molecule has 1 aliphatic carbocycles. The van der Waals surface area contributed by atoms with E-state index in [1.54, 1.807) is 0 Å². The molecule has 0 radical (unpaired) electrons. The number of nitrogens with zero attached hydrogens (tertiary/aromatic N) is 3. The number of para-hydroxylation sites is 1. The molecule has 1 aromatic heterocycles. The molecule has 0 amide bonds. The standard InChI is InChI=1S/C30H44N6O2S/c1-3-36(4-2)20-10-19-31-29-27-13-8-9-14-28(27)34-30(35-29)32-21-24-15-17-25(18-16-24)22-33-39(37,38)23-26-11-6-5-7-12-26/h5-9,11-14,24-25,33H,3-4,10,15-23H2,1-2H3,(H2,31,32,34,35)/t24-,25-. The zero-order valence-corrected chi connectivity index (χ0v) is 24.2. The first-order chi connectivity index (χ1) is 19.0. The summed E-state index contributed by atoms with van der Waals surface area (Å²) in [5, 5.41) is 8.08. The van der Waals surface area contributed by atoms with E-state index in [1.807, 2.05) is 48.5 Å². The quantitative estimate of drug-likeness (QED) is 0.225. The molecule has 0 aliphatic heterocycles. The van der Waals surface area contributed by atoms with Crippen LogP contribution in [-0.2, 0) is 15.8 Å². The second-order valence-corrected chi connectivity index (χ2v) is 12.4. The van der Waals surface area contributed by atoms with Gasteiger partial charge in [-0.3, -0.25) is 0 Å². The molecule has 0 saturated heterocycles. The number of aromatic nitrogens is 2. The van der Waals surface area contributed by atoms with Gasteiger partial charge in [-0.1, -0.05) is 56.3 Å². The van der Waals surface area contributed by atoms with E-state index in [0.29, 0.717) is 24.3 Å². The van der Waals surface area contributed by atoms with Gasteiger partial charge in [0.25, 0.3) is 0 Å².